The number of benzene rings is 4. The first-order valence-corrected chi connectivity index (χ1v) is 19.3. The molecular formula is C43H40N4O4S2. The number of rotatable bonds is 13. The third-order valence-electron chi connectivity index (χ3n) is 8.86. The summed E-state index contributed by atoms with van der Waals surface area (Å²) in [5.41, 5.74) is 4.39. The van der Waals surface area contributed by atoms with Crippen LogP contribution in [0.1, 0.15) is 64.2 Å². The van der Waals surface area contributed by atoms with Crippen LogP contribution in [0.15, 0.2) is 120 Å². The molecule has 0 radical (unpaired) electrons. The molecule has 2 atom stereocenters. The Morgan fingerprint density at radius 1 is 0.962 bits per heavy atom. The van der Waals surface area contributed by atoms with Gasteiger partial charge in [-0.05, 0) is 96.8 Å². The number of nitrogens with zero attached hydrogens (tertiary/aromatic N) is 1. The molecule has 5 aromatic rings. The molecule has 8 nitrogen and oxygen atoms in total. The summed E-state index contributed by atoms with van der Waals surface area (Å²) < 4.78 is 5.91. The number of thioether (sulfide) groups is 1. The van der Waals surface area contributed by atoms with Gasteiger partial charge in [-0.3, -0.25) is 14.4 Å². The number of nitrogens with one attached hydrogen (secondary N) is 3. The highest BCUT2D eigenvalue weighted by Crippen LogP contribution is 2.40. The minimum atomic E-state index is -0.509. The second-order valence-corrected chi connectivity index (χ2v) is 15.3. The van der Waals surface area contributed by atoms with Gasteiger partial charge in [0.2, 0.25) is 5.91 Å². The molecule has 53 heavy (non-hydrogen) atoms. The maximum Gasteiger partial charge on any atom is 0.272 e. The SMILES string of the molecule is CCC(Sc1cccc(NC(=O)/C(=C\c2ccc(OCc3ccccc3)cc2)NC(=O)c2ccccc2)c1)C(=O)Nc1sc2c(c1C#N)CCC(C)C2. The van der Waals surface area contributed by atoms with Gasteiger partial charge in [-0.15, -0.1) is 23.1 Å². The fourth-order valence-electron chi connectivity index (χ4n) is 5.99. The average Bonchev–Trinajstić information content (AvgIpc) is 3.52. The van der Waals surface area contributed by atoms with Crippen molar-refractivity contribution in [2.75, 3.05) is 10.6 Å². The fourth-order valence-corrected chi connectivity index (χ4v) is 8.37. The molecule has 2 unspecified atom stereocenters. The molecule has 3 amide bonds. The van der Waals surface area contributed by atoms with Crippen LogP contribution in [0.25, 0.3) is 6.08 Å². The number of fused-ring (bicyclic) bond motifs is 1. The van der Waals surface area contributed by atoms with Crippen molar-refractivity contribution in [3.05, 3.63) is 148 Å². The van der Waals surface area contributed by atoms with E-state index in [2.05, 4.69) is 28.9 Å². The molecule has 1 aliphatic rings. The van der Waals surface area contributed by atoms with Crippen LogP contribution >= 0.6 is 23.1 Å². The van der Waals surface area contributed by atoms with Crippen molar-refractivity contribution in [3.63, 3.8) is 0 Å². The third kappa shape index (κ3) is 9.83. The summed E-state index contributed by atoms with van der Waals surface area (Å²) in [5.74, 6) is 0.141. The van der Waals surface area contributed by atoms with Crippen molar-refractivity contribution < 1.29 is 19.1 Å². The van der Waals surface area contributed by atoms with Crippen LogP contribution in [0.3, 0.4) is 0 Å². The molecule has 0 aliphatic heterocycles. The summed E-state index contributed by atoms with van der Waals surface area (Å²) >= 11 is 2.91. The number of carbonyl (C=O) groups excluding carboxylic acids is 3. The molecule has 0 fully saturated rings. The molecule has 0 spiro atoms. The number of thiophene rings is 1. The molecule has 3 N–H and O–H groups in total. The van der Waals surface area contributed by atoms with Crippen LogP contribution in [-0.2, 0) is 29.0 Å². The van der Waals surface area contributed by atoms with E-state index in [1.165, 1.54) is 28.0 Å². The number of anilines is 2. The van der Waals surface area contributed by atoms with Crippen LogP contribution in [-0.4, -0.2) is 23.0 Å². The summed E-state index contributed by atoms with van der Waals surface area (Å²) in [6, 6.07) is 35.4. The van der Waals surface area contributed by atoms with E-state index in [0.717, 1.165) is 35.3 Å². The van der Waals surface area contributed by atoms with Crippen LogP contribution in [0, 0.1) is 17.2 Å². The standard InChI is InChI=1S/C43H40N4O4S2/c1-3-38(42(50)47-43-36(26-44)35-22-17-28(2)23-39(35)53-43)52-34-16-10-15-32(25-34)45-41(49)37(46-40(48)31-13-8-5-9-14-31)24-29-18-20-33(21-19-29)51-27-30-11-6-4-7-12-30/h4-16,18-21,24-25,28,38H,3,17,22-23,27H2,1-2H3,(H,45,49)(H,46,48)(H,47,50)/b37-24+. The minimum Gasteiger partial charge on any atom is -0.489 e. The van der Waals surface area contributed by atoms with Gasteiger partial charge in [0.25, 0.3) is 11.8 Å². The highest BCUT2D eigenvalue weighted by molar-refractivity contribution is 8.00. The summed E-state index contributed by atoms with van der Waals surface area (Å²) in [7, 11) is 0. The zero-order chi connectivity index (χ0) is 37.2. The summed E-state index contributed by atoms with van der Waals surface area (Å²) in [4.78, 5) is 42.4. The van der Waals surface area contributed by atoms with E-state index in [4.69, 9.17) is 4.74 Å². The second-order valence-electron chi connectivity index (χ2n) is 12.9. The minimum absolute atomic E-state index is 0.0574. The normalized spacial score (nSPS) is 14.3. The quantitative estimate of drug-likeness (QED) is 0.0818. The predicted molar refractivity (Wildman–Crippen MR) is 213 cm³/mol. The molecule has 6 rings (SSSR count). The first-order valence-electron chi connectivity index (χ1n) is 17.6. The van der Waals surface area contributed by atoms with Crippen molar-refractivity contribution in [2.24, 2.45) is 5.92 Å². The lowest BCUT2D eigenvalue weighted by Gasteiger charge is -2.17. The van der Waals surface area contributed by atoms with E-state index in [1.54, 1.807) is 42.5 Å². The van der Waals surface area contributed by atoms with Crippen LogP contribution in [0.4, 0.5) is 10.7 Å². The van der Waals surface area contributed by atoms with E-state index in [1.807, 2.05) is 79.7 Å². The van der Waals surface area contributed by atoms with Crippen molar-refractivity contribution in [1.82, 2.24) is 5.32 Å². The van der Waals surface area contributed by atoms with E-state index in [0.29, 0.717) is 52.1 Å². The lowest BCUT2D eigenvalue weighted by atomic mass is 9.88. The summed E-state index contributed by atoms with van der Waals surface area (Å²) in [6.45, 7) is 4.59. The van der Waals surface area contributed by atoms with Crippen LogP contribution in [0.2, 0.25) is 0 Å². The smallest absolute Gasteiger partial charge is 0.272 e. The van der Waals surface area contributed by atoms with Gasteiger partial charge in [0.05, 0.1) is 10.8 Å². The van der Waals surface area contributed by atoms with Gasteiger partial charge in [-0.2, -0.15) is 5.26 Å². The maximum atomic E-state index is 13.8. The van der Waals surface area contributed by atoms with Gasteiger partial charge in [-0.25, -0.2) is 0 Å². The Balaban J connectivity index is 1.15. The fraction of sp³-hybridized carbons (Fsp3) is 0.209. The van der Waals surface area contributed by atoms with E-state index in [9.17, 15) is 19.6 Å². The second kappa shape index (κ2) is 17.7. The zero-order valence-electron chi connectivity index (χ0n) is 29.6. The predicted octanol–water partition coefficient (Wildman–Crippen LogP) is 9.24. The number of ether oxygens (including phenoxy) is 1. The van der Waals surface area contributed by atoms with Crippen LogP contribution < -0.4 is 20.7 Å². The third-order valence-corrected chi connectivity index (χ3v) is 11.4. The monoisotopic (exact) mass is 740 g/mol. The van der Waals surface area contributed by atoms with E-state index < -0.39 is 17.1 Å². The van der Waals surface area contributed by atoms with Crippen LogP contribution in [0.5, 0.6) is 5.75 Å². The van der Waals surface area contributed by atoms with Gasteiger partial charge < -0.3 is 20.7 Å². The van der Waals surface area contributed by atoms with Gasteiger partial charge >= 0.3 is 0 Å². The molecule has 0 bridgehead atoms. The largest absolute Gasteiger partial charge is 0.489 e. The molecule has 1 heterocycles. The molecule has 268 valence electrons. The lowest BCUT2D eigenvalue weighted by molar-refractivity contribution is -0.116. The number of hydrogen-bond donors (Lipinski definition) is 3. The van der Waals surface area contributed by atoms with E-state index >= 15 is 0 Å². The number of carbonyl (C=O) groups is 3. The Morgan fingerprint density at radius 3 is 2.42 bits per heavy atom. The lowest BCUT2D eigenvalue weighted by Crippen LogP contribution is -2.30. The number of amides is 3. The van der Waals surface area contributed by atoms with Crippen molar-refractivity contribution in [3.8, 4) is 11.8 Å². The van der Waals surface area contributed by atoms with Gasteiger partial charge in [-0.1, -0.05) is 80.6 Å². The molecule has 0 saturated heterocycles. The Labute approximate surface area is 318 Å². The van der Waals surface area contributed by atoms with Crippen molar-refractivity contribution in [2.45, 2.75) is 56.3 Å². The molecule has 10 heteroatoms. The summed E-state index contributed by atoms with van der Waals surface area (Å²) in [6.07, 6.45) is 5.01. The molecule has 4 aromatic carbocycles. The first-order chi connectivity index (χ1) is 25.8. The number of nitriles is 1. The molecule has 1 aliphatic carbocycles. The summed E-state index contributed by atoms with van der Waals surface area (Å²) in [5, 5.41) is 18.9. The molecule has 0 saturated carbocycles. The Hall–Kier alpha value is -5.63. The Kier molecular flexibility index (Phi) is 12.4. The Morgan fingerprint density at radius 2 is 1.70 bits per heavy atom. The van der Waals surface area contributed by atoms with Crippen molar-refractivity contribution >= 4 is 57.6 Å². The zero-order valence-corrected chi connectivity index (χ0v) is 31.2. The Bertz CT molecular complexity index is 2140. The number of hydrogen-bond acceptors (Lipinski definition) is 7. The van der Waals surface area contributed by atoms with E-state index in [-0.39, 0.29) is 11.6 Å². The first kappa shape index (κ1) is 37.1. The highest BCUT2D eigenvalue weighted by atomic mass is 32.2. The maximum absolute atomic E-state index is 13.8. The molecular weight excluding hydrogens is 701 g/mol. The average molecular weight is 741 g/mol. The molecule has 1 aromatic heterocycles. The topological polar surface area (TPSA) is 120 Å². The van der Waals surface area contributed by atoms with Gasteiger partial charge in [0.1, 0.15) is 29.1 Å². The van der Waals surface area contributed by atoms with Gasteiger partial charge in [0, 0.05) is 21.0 Å². The van der Waals surface area contributed by atoms with Crippen molar-refractivity contribution in [1.29, 1.82) is 5.26 Å². The van der Waals surface area contributed by atoms with Gasteiger partial charge in [0.15, 0.2) is 0 Å². The highest BCUT2D eigenvalue weighted by Gasteiger charge is 2.27.